The summed E-state index contributed by atoms with van der Waals surface area (Å²) in [4.78, 5) is 0. The highest BCUT2D eigenvalue weighted by molar-refractivity contribution is 7.97. The normalized spacial score (nSPS) is 21.9. The van der Waals surface area contributed by atoms with Crippen molar-refractivity contribution in [2.75, 3.05) is 39.1 Å². The molecule has 1 unspecified atom stereocenters. The van der Waals surface area contributed by atoms with Crippen LogP contribution in [-0.4, -0.2) is 62.2 Å². The van der Waals surface area contributed by atoms with Crippen LogP contribution in [0.5, 0.6) is 5.75 Å². The molecule has 4 rings (SSSR count). The minimum atomic E-state index is -3.17. The van der Waals surface area contributed by atoms with Gasteiger partial charge in [0.05, 0.1) is 24.7 Å². The fourth-order valence-corrected chi connectivity index (χ4v) is 6.02. The number of sulfonamides is 1. The Morgan fingerprint density at radius 2 is 1.88 bits per heavy atom. The molecule has 0 radical (unpaired) electrons. The first-order chi connectivity index (χ1) is 15.4. The van der Waals surface area contributed by atoms with Gasteiger partial charge in [0.15, 0.2) is 0 Å². The molecule has 6 nitrogen and oxygen atoms in total. The molecule has 0 aliphatic carbocycles. The van der Waals surface area contributed by atoms with Crippen LogP contribution in [0, 0.1) is 5.82 Å². The summed E-state index contributed by atoms with van der Waals surface area (Å²) >= 11 is 1.70. The molecule has 0 N–H and O–H groups in total. The number of halogens is 1. The number of hydrogen-bond acceptors (Lipinski definition) is 6. The van der Waals surface area contributed by atoms with Crippen molar-refractivity contribution in [2.45, 2.75) is 30.7 Å². The van der Waals surface area contributed by atoms with Crippen LogP contribution in [0.2, 0.25) is 0 Å². The Morgan fingerprint density at radius 3 is 2.56 bits per heavy atom. The third-order valence-electron chi connectivity index (χ3n) is 5.75. The Kier molecular flexibility index (Phi) is 7.73. The molecule has 2 aliphatic rings. The van der Waals surface area contributed by atoms with E-state index in [1.54, 1.807) is 24.1 Å². The van der Waals surface area contributed by atoms with Crippen molar-refractivity contribution in [3.05, 3.63) is 65.5 Å². The topological polar surface area (TPSA) is 59.1 Å². The molecule has 2 saturated heterocycles. The molecule has 174 valence electrons. The van der Waals surface area contributed by atoms with Crippen molar-refractivity contribution in [2.24, 2.45) is 0 Å². The number of piperidine rings is 1. The smallest absolute Gasteiger partial charge is 0.211 e. The highest BCUT2D eigenvalue weighted by Gasteiger charge is 2.26. The summed E-state index contributed by atoms with van der Waals surface area (Å²) in [6, 6.07) is 15.2. The first-order valence-electron chi connectivity index (χ1n) is 10.8. The quantitative estimate of drug-likeness (QED) is 0.586. The van der Waals surface area contributed by atoms with Gasteiger partial charge in [-0.05, 0) is 24.5 Å². The van der Waals surface area contributed by atoms with Gasteiger partial charge in [-0.1, -0.05) is 48.3 Å². The van der Waals surface area contributed by atoms with Crippen LogP contribution in [-0.2, 0) is 21.3 Å². The van der Waals surface area contributed by atoms with E-state index >= 15 is 0 Å². The third kappa shape index (κ3) is 6.23. The summed E-state index contributed by atoms with van der Waals surface area (Å²) in [5.41, 5.74) is 1.82. The van der Waals surface area contributed by atoms with E-state index in [0.717, 1.165) is 6.54 Å². The fraction of sp³-hybridized carbons (Fsp3) is 0.478. The van der Waals surface area contributed by atoms with Gasteiger partial charge in [0.1, 0.15) is 17.7 Å². The van der Waals surface area contributed by atoms with E-state index in [1.807, 2.05) is 18.2 Å². The van der Waals surface area contributed by atoms with Gasteiger partial charge in [-0.15, -0.1) is 0 Å². The van der Waals surface area contributed by atoms with Gasteiger partial charge in [0.25, 0.3) is 0 Å². The van der Waals surface area contributed by atoms with Crippen LogP contribution >= 0.6 is 11.9 Å². The summed E-state index contributed by atoms with van der Waals surface area (Å²) in [7, 11) is -3.17. The zero-order valence-electron chi connectivity index (χ0n) is 18.2. The van der Waals surface area contributed by atoms with Crippen LogP contribution in [0.1, 0.15) is 29.2 Å². The van der Waals surface area contributed by atoms with E-state index in [4.69, 9.17) is 9.47 Å². The van der Waals surface area contributed by atoms with Crippen LogP contribution < -0.4 is 4.74 Å². The highest BCUT2D eigenvalue weighted by atomic mass is 32.2. The average Bonchev–Trinajstić information content (AvgIpc) is 3.02. The molecule has 32 heavy (non-hydrogen) atoms. The number of hydrogen-bond donors (Lipinski definition) is 0. The average molecular weight is 481 g/mol. The summed E-state index contributed by atoms with van der Waals surface area (Å²) in [5, 5.41) is 0.183. The molecule has 2 aliphatic heterocycles. The zero-order valence-corrected chi connectivity index (χ0v) is 19.8. The lowest BCUT2D eigenvalue weighted by atomic mass is 10.1. The molecule has 0 spiro atoms. The van der Waals surface area contributed by atoms with Crippen molar-refractivity contribution in [1.29, 1.82) is 0 Å². The fourth-order valence-electron chi connectivity index (χ4n) is 3.95. The zero-order chi connectivity index (χ0) is 22.6. The maximum atomic E-state index is 14.9. The predicted molar refractivity (Wildman–Crippen MR) is 124 cm³/mol. The van der Waals surface area contributed by atoms with E-state index in [1.165, 1.54) is 22.2 Å². The monoisotopic (exact) mass is 480 g/mol. The van der Waals surface area contributed by atoms with Crippen molar-refractivity contribution in [1.82, 2.24) is 8.61 Å². The summed E-state index contributed by atoms with van der Waals surface area (Å²) in [6.07, 6.45) is 2.31. The molecule has 2 fully saturated rings. The van der Waals surface area contributed by atoms with E-state index in [0.29, 0.717) is 57.0 Å². The highest BCUT2D eigenvalue weighted by Crippen LogP contribution is 2.35. The molecule has 2 aromatic rings. The van der Waals surface area contributed by atoms with Gasteiger partial charge in [0.2, 0.25) is 10.0 Å². The lowest BCUT2D eigenvalue weighted by Gasteiger charge is -2.30. The molecule has 1 atom stereocenters. The maximum absolute atomic E-state index is 14.9. The molecular formula is C23H29FN2O4S2. The molecule has 0 saturated carbocycles. The van der Waals surface area contributed by atoms with Crippen molar-refractivity contribution in [3.8, 4) is 5.75 Å². The second kappa shape index (κ2) is 10.5. The van der Waals surface area contributed by atoms with Crippen LogP contribution in [0.15, 0.2) is 48.5 Å². The number of benzene rings is 2. The lowest BCUT2D eigenvalue weighted by molar-refractivity contribution is 0.133. The Morgan fingerprint density at radius 1 is 1.12 bits per heavy atom. The van der Waals surface area contributed by atoms with Crippen molar-refractivity contribution in [3.63, 3.8) is 0 Å². The summed E-state index contributed by atoms with van der Waals surface area (Å²) < 4.78 is 53.5. The van der Waals surface area contributed by atoms with E-state index in [9.17, 15) is 12.8 Å². The van der Waals surface area contributed by atoms with Crippen LogP contribution in [0.4, 0.5) is 4.39 Å². The first-order valence-corrected chi connectivity index (χ1v) is 13.5. The SMILES string of the molecule is CS(=O)(=O)N1CCC(Oc2ccc(CN3CCOCC(c4ccccc4)S3)c(F)c2)CC1. The van der Waals surface area contributed by atoms with Gasteiger partial charge in [-0.25, -0.2) is 21.4 Å². The van der Waals surface area contributed by atoms with E-state index < -0.39 is 10.0 Å². The third-order valence-corrected chi connectivity index (χ3v) is 8.32. The van der Waals surface area contributed by atoms with E-state index in [2.05, 4.69) is 16.4 Å². The first kappa shape index (κ1) is 23.5. The number of ether oxygens (including phenoxy) is 2. The molecule has 2 heterocycles. The van der Waals surface area contributed by atoms with Gasteiger partial charge in [0, 0.05) is 37.8 Å². The van der Waals surface area contributed by atoms with Crippen molar-refractivity contribution >= 4 is 22.0 Å². The molecule has 0 amide bonds. The Labute approximate surface area is 193 Å². The Balaban J connectivity index is 1.35. The largest absolute Gasteiger partial charge is 0.490 e. The van der Waals surface area contributed by atoms with Gasteiger partial charge < -0.3 is 9.47 Å². The molecule has 0 aromatic heterocycles. The Bertz CT molecular complexity index is 998. The molecular weight excluding hydrogens is 451 g/mol. The second-order valence-electron chi connectivity index (χ2n) is 8.18. The maximum Gasteiger partial charge on any atom is 0.211 e. The van der Waals surface area contributed by atoms with Crippen LogP contribution in [0.3, 0.4) is 0 Å². The number of nitrogens with zero attached hydrogens (tertiary/aromatic N) is 2. The minimum absolute atomic E-state index is 0.108. The lowest BCUT2D eigenvalue weighted by Crippen LogP contribution is -2.41. The number of rotatable bonds is 6. The summed E-state index contributed by atoms with van der Waals surface area (Å²) in [5.74, 6) is 0.191. The van der Waals surface area contributed by atoms with Gasteiger partial charge in [-0.2, -0.15) is 0 Å². The van der Waals surface area contributed by atoms with Gasteiger partial charge in [-0.3, -0.25) is 0 Å². The Hall–Kier alpha value is -1.65. The summed E-state index contributed by atoms with van der Waals surface area (Å²) in [6.45, 7) is 3.33. The second-order valence-corrected chi connectivity index (χ2v) is 11.5. The molecule has 0 bridgehead atoms. The standard InChI is InChI=1S/C23H29FN2O4S2/c1-32(27,28)26-11-9-20(10-12-26)30-21-8-7-19(22(24)15-21)16-25-13-14-29-17-23(31-25)18-5-3-2-4-6-18/h2-8,15,20,23H,9-14,16-17H2,1H3. The van der Waals surface area contributed by atoms with Gasteiger partial charge >= 0.3 is 0 Å². The van der Waals surface area contributed by atoms with Crippen LogP contribution in [0.25, 0.3) is 0 Å². The van der Waals surface area contributed by atoms with E-state index in [-0.39, 0.29) is 17.2 Å². The molecule has 9 heteroatoms. The molecule has 2 aromatic carbocycles. The minimum Gasteiger partial charge on any atom is -0.490 e. The predicted octanol–water partition coefficient (Wildman–Crippen LogP) is 3.85. The van der Waals surface area contributed by atoms with Crippen molar-refractivity contribution < 1.29 is 22.3 Å².